The molecule has 1 spiro atoms. The molecule has 2 aliphatic rings. The Balaban J connectivity index is 1.70. The summed E-state index contributed by atoms with van der Waals surface area (Å²) >= 11 is 1.86. The molecule has 0 aromatic carbocycles. The molecule has 172 valence electrons. The first-order chi connectivity index (χ1) is 14.9. The molecule has 1 atom stereocenters. The zero-order valence-corrected chi connectivity index (χ0v) is 20.4. The molecule has 2 fully saturated rings. The first-order valence-electron chi connectivity index (χ1n) is 11.6. The molecule has 2 saturated heterocycles. The number of aromatic nitrogens is 1. The Morgan fingerprint density at radius 1 is 1.10 bits per heavy atom. The number of imide groups is 1. The zero-order valence-electron chi connectivity index (χ0n) is 19.5. The van der Waals surface area contributed by atoms with E-state index in [0.29, 0.717) is 25.0 Å². The molecule has 3 amide bonds. The number of amides is 3. The summed E-state index contributed by atoms with van der Waals surface area (Å²) in [7, 11) is 0. The van der Waals surface area contributed by atoms with Crippen LogP contribution in [0.15, 0.2) is 24.5 Å². The SMILES string of the molecule is CSC[C@H](C)N1CCC2(CC1)C(=O)N(CCCc1ccncc1)C(=O)N2CCC(C)C. The topological polar surface area (TPSA) is 56.8 Å². The Morgan fingerprint density at radius 2 is 1.77 bits per heavy atom. The number of piperidine rings is 1. The number of aryl methyl sites for hydroxylation is 1. The third kappa shape index (κ3) is 5.43. The van der Waals surface area contributed by atoms with Crippen LogP contribution in [0.2, 0.25) is 0 Å². The highest BCUT2D eigenvalue weighted by molar-refractivity contribution is 7.98. The van der Waals surface area contributed by atoms with E-state index in [1.807, 2.05) is 28.8 Å². The molecule has 0 N–H and O–H groups in total. The number of pyridine rings is 1. The maximum atomic E-state index is 13.6. The lowest BCUT2D eigenvalue weighted by molar-refractivity contribution is -0.136. The Kier molecular flexibility index (Phi) is 8.39. The van der Waals surface area contributed by atoms with Crippen LogP contribution in [-0.2, 0) is 11.2 Å². The summed E-state index contributed by atoms with van der Waals surface area (Å²) in [5.74, 6) is 1.63. The van der Waals surface area contributed by atoms with Crippen LogP contribution < -0.4 is 0 Å². The minimum Gasteiger partial charge on any atom is -0.309 e. The normalized spacial score (nSPS) is 20.3. The second-order valence-electron chi connectivity index (χ2n) is 9.40. The molecule has 0 unspecified atom stereocenters. The van der Waals surface area contributed by atoms with Crippen LogP contribution in [0.3, 0.4) is 0 Å². The fraction of sp³-hybridized carbons (Fsp3) is 0.708. The van der Waals surface area contributed by atoms with Crippen molar-refractivity contribution in [1.82, 2.24) is 19.7 Å². The predicted molar refractivity (Wildman–Crippen MR) is 127 cm³/mol. The number of rotatable bonds is 10. The lowest BCUT2D eigenvalue weighted by atomic mass is 9.85. The van der Waals surface area contributed by atoms with Gasteiger partial charge in [0.25, 0.3) is 5.91 Å². The van der Waals surface area contributed by atoms with Gasteiger partial charge in [-0.15, -0.1) is 0 Å². The van der Waals surface area contributed by atoms with Crippen molar-refractivity contribution in [1.29, 1.82) is 0 Å². The van der Waals surface area contributed by atoms with E-state index in [1.54, 1.807) is 17.3 Å². The average Bonchev–Trinajstić information content (AvgIpc) is 2.94. The van der Waals surface area contributed by atoms with Gasteiger partial charge in [0.15, 0.2) is 0 Å². The molecule has 3 rings (SSSR count). The number of urea groups is 1. The van der Waals surface area contributed by atoms with Gasteiger partial charge in [0.2, 0.25) is 0 Å². The van der Waals surface area contributed by atoms with Crippen molar-refractivity contribution in [3.63, 3.8) is 0 Å². The van der Waals surface area contributed by atoms with Gasteiger partial charge in [0.05, 0.1) is 0 Å². The molecule has 0 aliphatic carbocycles. The minimum absolute atomic E-state index is 0.0353. The number of likely N-dealkylation sites (tertiary alicyclic amines) is 1. The highest BCUT2D eigenvalue weighted by Gasteiger charge is 2.57. The number of hydrogen-bond acceptors (Lipinski definition) is 5. The van der Waals surface area contributed by atoms with Crippen LogP contribution in [0.25, 0.3) is 0 Å². The highest BCUT2D eigenvalue weighted by atomic mass is 32.2. The van der Waals surface area contributed by atoms with E-state index >= 15 is 0 Å². The van der Waals surface area contributed by atoms with E-state index < -0.39 is 5.54 Å². The van der Waals surface area contributed by atoms with Gasteiger partial charge in [0, 0.05) is 50.4 Å². The number of thioether (sulfide) groups is 1. The smallest absolute Gasteiger partial charge is 0.309 e. The molecule has 7 heteroatoms. The molecule has 3 heterocycles. The first-order valence-corrected chi connectivity index (χ1v) is 13.0. The fourth-order valence-electron chi connectivity index (χ4n) is 4.83. The van der Waals surface area contributed by atoms with E-state index in [4.69, 9.17) is 0 Å². The van der Waals surface area contributed by atoms with E-state index in [0.717, 1.165) is 50.9 Å². The van der Waals surface area contributed by atoms with E-state index in [2.05, 4.69) is 36.9 Å². The molecule has 0 saturated carbocycles. The number of hydrogen-bond donors (Lipinski definition) is 0. The lowest BCUT2D eigenvalue weighted by Gasteiger charge is -2.44. The Morgan fingerprint density at radius 3 is 2.39 bits per heavy atom. The molecule has 31 heavy (non-hydrogen) atoms. The number of nitrogens with zero attached hydrogens (tertiary/aromatic N) is 4. The second-order valence-corrected chi connectivity index (χ2v) is 10.3. The van der Waals surface area contributed by atoms with Crippen LogP contribution in [0.4, 0.5) is 4.79 Å². The van der Waals surface area contributed by atoms with Gasteiger partial charge in [-0.3, -0.25) is 19.6 Å². The van der Waals surface area contributed by atoms with Crippen molar-refractivity contribution < 1.29 is 9.59 Å². The van der Waals surface area contributed by atoms with E-state index in [-0.39, 0.29) is 11.9 Å². The summed E-state index contributed by atoms with van der Waals surface area (Å²) < 4.78 is 0. The average molecular weight is 447 g/mol. The van der Waals surface area contributed by atoms with Crippen LogP contribution in [0.1, 0.15) is 52.0 Å². The maximum Gasteiger partial charge on any atom is 0.327 e. The Hall–Kier alpha value is -1.60. The van der Waals surface area contributed by atoms with Crippen molar-refractivity contribution in [2.24, 2.45) is 5.92 Å². The third-order valence-corrected chi connectivity index (χ3v) is 7.62. The van der Waals surface area contributed by atoms with Crippen molar-refractivity contribution >= 4 is 23.7 Å². The van der Waals surface area contributed by atoms with Crippen LogP contribution in [-0.4, -0.2) is 81.4 Å². The van der Waals surface area contributed by atoms with E-state index in [9.17, 15) is 9.59 Å². The Bertz CT molecular complexity index is 734. The zero-order chi connectivity index (χ0) is 22.4. The van der Waals surface area contributed by atoms with Crippen molar-refractivity contribution in [3.05, 3.63) is 30.1 Å². The van der Waals surface area contributed by atoms with Crippen molar-refractivity contribution in [2.75, 3.05) is 38.2 Å². The summed E-state index contributed by atoms with van der Waals surface area (Å²) in [6.45, 7) is 9.53. The second kappa shape index (κ2) is 10.8. The van der Waals surface area contributed by atoms with Gasteiger partial charge in [-0.05, 0) is 68.9 Å². The summed E-state index contributed by atoms with van der Waals surface area (Å²) in [6, 6.07) is 4.41. The van der Waals surface area contributed by atoms with Gasteiger partial charge >= 0.3 is 6.03 Å². The first kappa shape index (κ1) is 24.1. The number of carbonyl (C=O) groups is 2. The predicted octanol–water partition coefficient (Wildman–Crippen LogP) is 3.91. The lowest BCUT2D eigenvalue weighted by Crippen LogP contribution is -2.58. The number of carbonyl (C=O) groups excluding carboxylic acids is 2. The minimum atomic E-state index is -0.641. The van der Waals surface area contributed by atoms with Crippen molar-refractivity contribution in [3.8, 4) is 0 Å². The quantitative estimate of drug-likeness (QED) is 0.510. The van der Waals surface area contributed by atoms with Crippen LogP contribution in [0.5, 0.6) is 0 Å². The standard InChI is InChI=1S/C24H38N4O2S/c1-19(2)9-15-28-23(30)27(14-5-6-21-7-12-25-13-8-21)22(29)24(28)10-16-26(17-11-24)20(3)18-31-4/h7-8,12-13,19-20H,5-6,9-11,14-18H2,1-4H3/t20-/m0/s1. The summed E-state index contributed by atoms with van der Waals surface area (Å²) in [5, 5.41) is 0. The van der Waals surface area contributed by atoms with Crippen LogP contribution >= 0.6 is 11.8 Å². The molecule has 6 nitrogen and oxygen atoms in total. The van der Waals surface area contributed by atoms with E-state index in [1.165, 1.54) is 5.56 Å². The summed E-state index contributed by atoms with van der Waals surface area (Å²) in [5.41, 5.74) is 0.551. The van der Waals surface area contributed by atoms with Crippen LogP contribution in [0, 0.1) is 5.92 Å². The van der Waals surface area contributed by atoms with Crippen molar-refractivity contribution in [2.45, 2.75) is 64.5 Å². The van der Waals surface area contributed by atoms with Gasteiger partial charge in [-0.25, -0.2) is 4.79 Å². The van der Waals surface area contributed by atoms with Gasteiger partial charge < -0.3 is 4.90 Å². The largest absolute Gasteiger partial charge is 0.327 e. The third-order valence-electron chi connectivity index (χ3n) is 6.80. The van der Waals surface area contributed by atoms with Gasteiger partial charge in [-0.1, -0.05) is 13.8 Å². The summed E-state index contributed by atoms with van der Waals surface area (Å²) in [4.78, 5) is 37.0. The monoisotopic (exact) mass is 446 g/mol. The van der Waals surface area contributed by atoms with Gasteiger partial charge in [-0.2, -0.15) is 11.8 Å². The molecular formula is C24H38N4O2S. The molecule has 0 radical (unpaired) electrons. The molecular weight excluding hydrogens is 408 g/mol. The highest BCUT2D eigenvalue weighted by Crippen LogP contribution is 2.38. The molecule has 1 aromatic rings. The Labute approximate surface area is 191 Å². The maximum absolute atomic E-state index is 13.6. The molecule has 1 aromatic heterocycles. The summed E-state index contributed by atoms with van der Waals surface area (Å²) in [6.07, 6.45) is 9.76. The molecule has 2 aliphatic heterocycles. The molecule has 0 bridgehead atoms. The van der Waals surface area contributed by atoms with Gasteiger partial charge in [0.1, 0.15) is 5.54 Å². The fourth-order valence-corrected chi connectivity index (χ4v) is 5.53.